The first kappa shape index (κ1) is 22.9. The summed E-state index contributed by atoms with van der Waals surface area (Å²) in [4.78, 5) is 41.1. The van der Waals surface area contributed by atoms with Crippen LogP contribution >= 0.6 is 0 Å². The largest absolute Gasteiger partial charge is 0.508 e. The summed E-state index contributed by atoms with van der Waals surface area (Å²) in [5, 5.41) is 12.4. The van der Waals surface area contributed by atoms with Crippen LogP contribution in [0.25, 0.3) is 0 Å². The molecule has 0 aromatic heterocycles. The highest BCUT2D eigenvalue weighted by molar-refractivity contribution is 5.89. The van der Waals surface area contributed by atoms with Crippen LogP contribution in [0.1, 0.15) is 47.0 Å². The molecule has 2 aliphatic heterocycles. The van der Waals surface area contributed by atoms with Crippen LogP contribution in [0.4, 0.5) is 0 Å². The van der Waals surface area contributed by atoms with Gasteiger partial charge in [0, 0.05) is 37.6 Å². The van der Waals surface area contributed by atoms with E-state index in [0.29, 0.717) is 38.2 Å². The third-order valence-corrected chi connectivity index (χ3v) is 5.96. The molecule has 2 heterocycles. The van der Waals surface area contributed by atoms with Crippen molar-refractivity contribution in [2.45, 2.75) is 64.6 Å². The molecule has 0 saturated carbocycles. The van der Waals surface area contributed by atoms with Gasteiger partial charge in [-0.25, -0.2) is 0 Å². The Morgan fingerprint density at radius 2 is 1.77 bits per heavy atom. The first-order valence-electron chi connectivity index (χ1n) is 10.9. The molecular formula is C23H33N3O5. The molecule has 8 nitrogen and oxygen atoms in total. The molecule has 170 valence electrons. The van der Waals surface area contributed by atoms with Crippen LogP contribution in [0.2, 0.25) is 0 Å². The van der Waals surface area contributed by atoms with Gasteiger partial charge >= 0.3 is 0 Å². The number of ether oxygens (including phenoxy) is 1. The van der Waals surface area contributed by atoms with Gasteiger partial charge in [-0.15, -0.1) is 0 Å². The zero-order valence-electron chi connectivity index (χ0n) is 18.8. The van der Waals surface area contributed by atoms with Gasteiger partial charge < -0.3 is 25.0 Å². The minimum absolute atomic E-state index is 0.00339. The van der Waals surface area contributed by atoms with Crippen LogP contribution < -0.4 is 10.1 Å². The number of hydrogen-bond acceptors (Lipinski definition) is 5. The average Bonchev–Trinajstić information content (AvgIpc) is 3.12. The number of piperidine rings is 1. The van der Waals surface area contributed by atoms with Gasteiger partial charge in [-0.2, -0.15) is 0 Å². The number of benzene rings is 1. The summed E-state index contributed by atoms with van der Waals surface area (Å²) >= 11 is 0. The van der Waals surface area contributed by atoms with Gasteiger partial charge in [-0.05, 0) is 64.8 Å². The molecule has 3 rings (SSSR count). The van der Waals surface area contributed by atoms with Crippen molar-refractivity contribution in [2.75, 3.05) is 19.6 Å². The molecule has 8 heteroatoms. The number of aromatic hydroxyl groups is 1. The Morgan fingerprint density at radius 3 is 2.32 bits per heavy atom. The molecule has 2 fully saturated rings. The highest BCUT2D eigenvalue weighted by Gasteiger charge is 2.40. The SMILES string of the molecule is CC(Oc1ccc(O)cc1)C(=O)N1CCC(NC(=O)C2CC(=O)N(C(C)(C)C)C2)CC1. The highest BCUT2D eigenvalue weighted by Crippen LogP contribution is 2.26. The first-order valence-corrected chi connectivity index (χ1v) is 10.9. The fraction of sp³-hybridized carbons (Fsp3) is 0.609. The molecule has 2 N–H and O–H groups in total. The lowest BCUT2D eigenvalue weighted by atomic mass is 10.0. The quantitative estimate of drug-likeness (QED) is 0.742. The molecule has 0 bridgehead atoms. The van der Waals surface area contributed by atoms with Crippen molar-refractivity contribution >= 4 is 17.7 Å². The van der Waals surface area contributed by atoms with Crippen molar-refractivity contribution in [1.82, 2.24) is 15.1 Å². The predicted molar refractivity (Wildman–Crippen MR) is 116 cm³/mol. The lowest BCUT2D eigenvalue weighted by molar-refractivity contribution is -0.139. The number of nitrogens with one attached hydrogen (secondary N) is 1. The predicted octanol–water partition coefficient (Wildman–Crippen LogP) is 1.91. The Labute approximate surface area is 183 Å². The monoisotopic (exact) mass is 431 g/mol. The van der Waals surface area contributed by atoms with Crippen LogP contribution in [0.15, 0.2) is 24.3 Å². The van der Waals surface area contributed by atoms with Crippen LogP contribution in [0, 0.1) is 5.92 Å². The van der Waals surface area contributed by atoms with Crippen LogP contribution in [-0.2, 0) is 14.4 Å². The molecule has 31 heavy (non-hydrogen) atoms. The number of nitrogens with zero attached hydrogens (tertiary/aromatic N) is 2. The van der Waals surface area contributed by atoms with Crippen molar-refractivity contribution in [3.63, 3.8) is 0 Å². The van der Waals surface area contributed by atoms with E-state index in [-0.39, 0.29) is 47.4 Å². The van der Waals surface area contributed by atoms with E-state index in [2.05, 4.69) is 5.32 Å². The molecule has 0 spiro atoms. The Kier molecular flexibility index (Phi) is 6.77. The van der Waals surface area contributed by atoms with Crippen LogP contribution in [0.3, 0.4) is 0 Å². The zero-order chi connectivity index (χ0) is 22.8. The Hall–Kier alpha value is -2.77. The van der Waals surface area contributed by atoms with Crippen molar-refractivity contribution in [1.29, 1.82) is 0 Å². The van der Waals surface area contributed by atoms with Gasteiger partial charge in [0.15, 0.2) is 6.10 Å². The van der Waals surface area contributed by atoms with E-state index in [4.69, 9.17) is 4.74 Å². The Morgan fingerprint density at radius 1 is 1.16 bits per heavy atom. The van der Waals surface area contributed by atoms with Crippen molar-refractivity contribution in [3.8, 4) is 11.5 Å². The van der Waals surface area contributed by atoms with E-state index in [0.717, 1.165) is 0 Å². The molecule has 3 amide bonds. The number of phenolic OH excluding ortho intramolecular Hbond substituents is 1. The highest BCUT2D eigenvalue weighted by atomic mass is 16.5. The van der Waals surface area contributed by atoms with Crippen molar-refractivity contribution < 1.29 is 24.2 Å². The maximum atomic E-state index is 12.7. The average molecular weight is 432 g/mol. The second-order valence-electron chi connectivity index (χ2n) is 9.44. The fourth-order valence-electron chi connectivity index (χ4n) is 4.13. The van der Waals surface area contributed by atoms with Crippen molar-refractivity contribution in [2.24, 2.45) is 5.92 Å². The number of carbonyl (C=O) groups excluding carboxylic acids is 3. The van der Waals surface area contributed by atoms with E-state index in [9.17, 15) is 19.5 Å². The van der Waals surface area contributed by atoms with Crippen molar-refractivity contribution in [3.05, 3.63) is 24.3 Å². The number of likely N-dealkylation sites (tertiary alicyclic amines) is 2. The van der Waals surface area contributed by atoms with Crippen LogP contribution in [-0.4, -0.2) is 69.9 Å². The maximum absolute atomic E-state index is 12.7. The summed E-state index contributed by atoms with van der Waals surface area (Å²) < 4.78 is 5.68. The molecule has 1 aromatic carbocycles. The molecule has 1 aromatic rings. The molecule has 0 aliphatic carbocycles. The number of phenols is 1. The molecule has 2 saturated heterocycles. The van der Waals surface area contributed by atoms with E-state index in [1.165, 1.54) is 12.1 Å². The lowest BCUT2D eigenvalue weighted by Crippen LogP contribution is -2.50. The third kappa shape index (κ3) is 5.68. The minimum Gasteiger partial charge on any atom is -0.508 e. The second-order valence-corrected chi connectivity index (χ2v) is 9.44. The summed E-state index contributed by atoms with van der Waals surface area (Å²) in [6.07, 6.45) is 0.968. The molecule has 0 radical (unpaired) electrons. The van der Waals surface area contributed by atoms with E-state index in [1.807, 2.05) is 20.8 Å². The fourth-order valence-corrected chi connectivity index (χ4v) is 4.13. The summed E-state index contributed by atoms with van der Waals surface area (Å²) in [6.45, 7) is 9.19. The van der Waals surface area contributed by atoms with Gasteiger partial charge in [0.25, 0.3) is 5.91 Å². The lowest BCUT2D eigenvalue weighted by Gasteiger charge is -2.34. The molecule has 2 aliphatic rings. The number of hydrogen-bond donors (Lipinski definition) is 2. The van der Waals surface area contributed by atoms with Gasteiger partial charge in [-0.3, -0.25) is 14.4 Å². The van der Waals surface area contributed by atoms with E-state index >= 15 is 0 Å². The maximum Gasteiger partial charge on any atom is 0.263 e. The van der Waals surface area contributed by atoms with E-state index in [1.54, 1.807) is 28.9 Å². The topological polar surface area (TPSA) is 99.2 Å². The normalized spacial score (nSPS) is 21.2. The summed E-state index contributed by atoms with van der Waals surface area (Å²) in [5.41, 5.74) is -0.281. The third-order valence-electron chi connectivity index (χ3n) is 5.96. The number of amides is 3. The van der Waals surface area contributed by atoms with Gasteiger partial charge in [0.2, 0.25) is 11.8 Å². The first-order chi connectivity index (χ1) is 14.5. The van der Waals surface area contributed by atoms with Crippen LogP contribution in [0.5, 0.6) is 11.5 Å². The zero-order valence-corrected chi connectivity index (χ0v) is 18.8. The second kappa shape index (κ2) is 9.16. The number of rotatable bonds is 5. The Bertz CT molecular complexity index is 809. The smallest absolute Gasteiger partial charge is 0.263 e. The summed E-state index contributed by atoms with van der Waals surface area (Å²) in [7, 11) is 0. The molecular weight excluding hydrogens is 398 g/mol. The minimum atomic E-state index is -0.636. The number of carbonyl (C=O) groups is 3. The summed E-state index contributed by atoms with van der Waals surface area (Å²) in [6, 6.07) is 6.27. The van der Waals surface area contributed by atoms with Gasteiger partial charge in [-0.1, -0.05) is 0 Å². The molecule has 2 atom stereocenters. The van der Waals surface area contributed by atoms with E-state index < -0.39 is 6.10 Å². The Balaban J connectivity index is 1.45. The molecule has 2 unspecified atom stereocenters. The van der Waals surface area contributed by atoms with Gasteiger partial charge in [0.05, 0.1) is 5.92 Å². The van der Waals surface area contributed by atoms with Gasteiger partial charge in [0.1, 0.15) is 11.5 Å². The standard InChI is InChI=1S/C23H33N3O5/c1-15(31-19-7-5-18(27)6-8-19)22(30)25-11-9-17(10-12-25)24-21(29)16-13-20(28)26(14-16)23(2,3)4/h5-8,15-17,27H,9-14H2,1-4H3,(H,24,29). The summed E-state index contributed by atoms with van der Waals surface area (Å²) in [5.74, 6) is 0.203.